The second kappa shape index (κ2) is 5.68. The van der Waals surface area contributed by atoms with E-state index < -0.39 is 12.1 Å². The van der Waals surface area contributed by atoms with Gasteiger partial charge >= 0.3 is 5.97 Å². The van der Waals surface area contributed by atoms with Crippen LogP contribution in [0.5, 0.6) is 5.75 Å². The molecule has 1 rings (SSSR count). The summed E-state index contributed by atoms with van der Waals surface area (Å²) in [5.74, 6) is -0.390. The molecule has 3 N–H and O–H groups in total. The van der Waals surface area contributed by atoms with E-state index in [1.165, 1.54) is 0 Å². The molecule has 0 aliphatic carbocycles. The molecule has 0 fully saturated rings. The number of rotatable bonds is 5. The van der Waals surface area contributed by atoms with Crippen molar-refractivity contribution < 1.29 is 14.6 Å². The summed E-state index contributed by atoms with van der Waals surface area (Å²) in [4.78, 5) is 10.9. The van der Waals surface area contributed by atoms with Crippen LogP contribution in [0.15, 0.2) is 18.2 Å². The van der Waals surface area contributed by atoms with Crippen LogP contribution in [-0.2, 0) is 4.79 Å². The maximum absolute atomic E-state index is 10.9. The molecule has 1 unspecified atom stereocenters. The lowest BCUT2D eigenvalue weighted by molar-refractivity contribution is -0.145. The number of carboxylic acid groups (broad SMARTS) is 1. The largest absolute Gasteiger partial charge is 0.479 e. The van der Waals surface area contributed by atoms with Crippen LogP contribution in [0.25, 0.3) is 0 Å². The molecule has 94 valence electrons. The highest BCUT2D eigenvalue weighted by Gasteiger charge is 2.19. The summed E-state index contributed by atoms with van der Waals surface area (Å²) >= 11 is 0. The molecule has 4 nitrogen and oxygen atoms in total. The SMILES string of the molecule is CCC(Oc1cc(C)ccc1[C@H](C)N)C(=O)O. The van der Waals surface area contributed by atoms with Crippen molar-refractivity contribution in [3.63, 3.8) is 0 Å². The summed E-state index contributed by atoms with van der Waals surface area (Å²) in [6, 6.07) is 5.46. The molecular weight excluding hydrogens is 218 g/mol. The Hall–Kier alpha value is -1.55. The van der Waals surface area contributed by atoms with E-state index in [1.807, 2.05) is 32.0 Å². The van der Waals surface area contributed by atoms with Crippen LogP contribution in [0.2, 0.25) is 0 Å². The molecule has 4 heteroatoms. The lowest BCUT2D eigenvalue weighted by Crippen LogP contribution is -2.26. The second-order valence-electron chi connectivity index (χ2n) is 4.18. The zero-order valence-corrected chi connectivity index (χ0v) is 10.4. The highest BCUT2D eigenvalue weighted by atomic mass is 16.5. The smallest absolute Gasteiger partial charge is 0.344 e. The van der Waals surface area contributed by atoms with Gasteiger partial charge in [-0.1, -0.05) is 19.1 Å². The third kappa shape index (κ3) is 3.46. The van der Waals surface area contributed by atoms with Crippen molar-refractivity contribution in [2.45, 2.75) is 39.3 Å². The number of nitrogens with two attached hydrogens (primary N) is 1. The first-order valence-corrected chi connectivity index (χ1v) is 5.71. The Morgan fingerprint density at radius 3 is 2.65 bits per heavy atom. The van der Waals surface area contributed by atoms with Gasteiger partial charge in [0.15, 0.2) is 6.10 Å². The summed E-state index contributed by atoms with van der Waals surface area (Å²) < 4.78 is 5.52. The first-order valence-electron chi connectivity index (χ1n) is 5.71. The average Bonchev–Trinajstić information content (AvgIpc) is 2.25. The molecule has 0 aliphatic heterocycles. The van der Waals surface area contributed by atoms with Crippen LogP contribution in [0.4, 0.5) is 0 Å². The number of benzene rings is 1. The predicted octanol–water partition coefficient (Wildman–Crippen LogP) is 2.26. The van der Waals surface area contributed by atoms with E-state index in [9.17, 15) is 4.79 Å². The van der Waals surface area contributed by atoms with Gasteiger partial charge in [-0.05, 0) is 31.9 Å². The van der Waals surface area contributed by atoms with Gasteiger partial charge in [0, 0.05) is 11.6 Å². The second-order valence-corrected chi connectivity index (χ2v) is 4.18. The zero-order chi connectivity index (χ0) is 13.0. The van der Waals surface area contributed by atoms with Crippen LogP contribution >= 0.6 is 0 Å². The molecule has 0 aliphatic rings. The molecule has 1 aromatic rings. The number of ether oxygens (including phenoxy) is 1. The van der Waals surface area contributed by atoms with E-state index in [4.69, 9.17) is 15.6 Å². The fourth-order valence-corrected chi connectivity index (χ4v) is 1.58. The van der Waals surface area contributed by atoms with Gasteiger partial charge in [0.05, 0.1) is 0 Å². The minimum Gasteiger partial charge on any atom is -0.479 e. The standard InChI is InChI=1S/C13H19NO3/c1-4-11(13(15)16)17-12-7-8(2)5-6-10(12)9(3)14/h5-7,9,11H,4,14H2,1-3H3,(H,15,16)/t9-,11?/m0/s1. The van der Waals surface area contributed by atoms with Crippen molar-refractivity contribution in [3.8, 4) is 5.75 Å². The molecule has 0 radical (unpaired) electrons. The Labute approximate surface area is 101 Å². The molecular formula is C13H19NO3. The summed E-state index contributed by atoms with van der Waals surface area (Å²) in [6.07, 6.45) is -0.406. The van der Waals surface area contributed by atoms with Crippen molar-refractivity contribution in [2.24, 2.45) is 5.73 Å². The van der Waals surface area contributed by atoms with Crippen LogP contribution < -0.4 is 10.5 Å². The molecule has 17 heavy (non-hydrogen) atoms. The van der Waals surface area contributed by atoms with Crippen molar-refractivity contribution >= 4 is 5.97 Å². The van der Waals surface area contributed by atoms with Gasteiger partial charge in [-0.2, -0.15) is 0 Å². The maximum atomic E-state index is 10.9. The van der Waals surface area contributed by atoms with E-state index in [0.29, 0.717) is 12.2 Å². The van der Waals surface area contributed by atoms with Gasteiger partial charge in [0.1, 0.15) is 5.75 Å². The summed E-state index contributed by atoms with van der Waals surface area (Å²) in [5.41, 5.74) is 7.68. The Kier molecular flexibility index (Phi) is 4.52. The average molecular weight is 237 g/mol. The molecule has 2 atom stereocenters. The highest BCUT2D eigenvalue weighted by molar-refractivity contribution is 5.72. The molecule has 0 aromatic heterocycles. The van der Waals surface area contributed by atoms with Crippen molar-refractivity contribution in [1.82, 2.24) is 0 Å². The monoisotopic (exact) mass is 237 g/mol. The molecule has 0 saturated heterocycles. The zero-order valence-electron chi connectivity index (χ0n) is 10.4. The van der Waals surface area contributed by atoms with E-state index in [-0.39, 0.29) is 6.04 Å². The summed E-state index contributed by atoms with van der Waals surface area (Å²) in [6.45, 7) is 5.55. The molecule has 0 heterocycles. The van der Waals surface area contributed by atoms with Gasteiger partial charge < -0.3 is 15.6 Å². The lowest BCUT2D eigenvalue weighted by Gasteiger charge is -2.18. The van der Waals surface area contributed by atoms with Gasteiger partial charge in [0.2, 0.25) is 0 Å². The van der Waals surface area contributed by atoms with Crippen molar-refractivity contribution in [2.75, 3.05) is 0 Å². The Bertz CT molecular complexity index is 402. The fraction of sp³-hybridized carbons (Fsp3) is 0.462. The molecule has 0 saturated carbocycles. The maximum Gasteiger partial charge on any atom is 0.344 e. The third-order valence-electron chi connectivity index (χ3n) is 2.58. The highest BCUT2D eigenvalue weighted by Crippen LogP contribution is 2.26. The minimum atomic E-state index is -0.954. The molecule has 0 bridgehead atoms. The quantitative estimate of drug-likeness (QED) is 0.823. The van der Waals surface area contributed by atoms with Crippen LogP contribution in [0.3, 0.4) is 0 Å². The van der Waals surface area contributed by atoms with Gasteiger partial charge in [-0.15, -0.1) is 0 Å². The normalized spacial score (nSPS) is 14.1. The van der Waals surface area contributed by atoms with Crippen molar-refractivity contribution in [1.29, 1.82) is 0 Å². The number of hydrogen-bond acceptors (Lipinski definition) is 3. The minimum absolute atomic E-state index is 0.183. The predicted molar refractivity (Wildman–Crippen MR) is 66.1 cm³/mol. The Morgan fingerprint density at radius 1 is 1.53 bits per heavy atom. The topological polar surface area (TPSA) is 72.5 Å². The van der Waals surface area contributed by atoms with E-state index in [2.05, 4.69) is 0 Å². The first-order chi connectivity index (χ1) is 7.95. The number of hydrogen-bond donors (Lipinski definition) is 2. The molecule has 0 spiro atoms. The van der Waals surface area contributed by atoms with Crippen LogP contribution in [0, 0.1) is 6.92 Å². The van der Waals surface area contributed by atoms with Gasteiger partial charge in [0.25, 0.3) is 0 Å². The van der Waals surface area contributed by atoms with Gasteiger partial charge in [-0.25, -0.2) is 4.79 Å². The Morgan fingerprint density at radius 2 is 2.18 bits per heavy atom. The van der Waals surface area contributed by atoms with Crippen LogP contribution in [0.1, 0.15) is 37.4 Å². The molecule has 1 aromatic carbocycles. The molecule has 0 amide bonds. The summed E-state index contributed by atoms with van der Waals surface area (Å²) in [7, 11) is 0. The van der Waals surface area contributed by atoms with E-state index in [0.717, 1.165) is 11.1 Å². The number of aliphatic carboxylic acids is 1. The van der Waals surface area contributed by atoms with Crippen molar-refractivity contribution in [3.05, 3.63) is 29.3 Å². The summed E-state index contributed by atoms with van der Waals surface area (Å²) in [5, 5.41) is 8.98. The third-order valence-corrected chi connectivity index (χ3v) is 2.58. The number of aryl methyl sites for hydroxylation is 1. The first kappa shape index (κ1) is 13.5. The number of carbonyl (C=O) groups is 1. The Balaban J connectivity index is 3.02. The van der Waals surface area contributed by atoms with E-state index in [1.54, 1.807) is 6.92 Å². The lowest BCUT2D eigenvalue weighted by atomic mass is 10.1. The van der Waals surface area contributed by atoms with Crippen LogP contribution in [-0.4, -0.2) is 17.2 Å². The fourth-order valence-electron chi connectivity index (χ4n) is 1.58. The van der Waals surface area contributed by atoms with E-state index >= 15 is 0 Å². The van der Waals surface area contributed by atoms with Gasteiger partial charge in [-0.3, -0.25) is 0 Å². The number of carboxylic acids is 1.